The van der Waals surface area contributed by atoms with Crippen molar-refractivity contribution in [1.82, 2.24) is 20.4 Å². The summed E-state index contributed by atoms with van der Waals surface area (Å²) in [5.74, 6) is 0.993. The average Bonchev–Trinajstić information content (AvgIpc) is 3.39. The lowest BCUT2D eigenvalue weighted by molar-refractivity contribution is -0.119. The van der Waals surface area contributed by atoms with Gasteiger partial charge in [-0.1, -0.05) is 47.6 Å². The summed E-state index contributed by atoms with van der Waals surface area (Å²) < 4.78 is 5.48. The van der Waals surface area contributed by atoms with Crippen LogP contribution in [0.15, 0.2) is 59.1 Å². The van der Waals surface area contributed by atoms with Crippen molar-refractivity contribution in [2.24, 2.45) is 5.92 Å². The Labute approximate surface area is 167 Å². The second-order valence-corrected chi connectivity index (χ2v) is 7.51. The fraction of sp³-hybridized carbons (Fsp3) is 0.273. The van der Waals surface area contributed by atoms with Gasteiger partial charge in [0, 0.05) is 37.0 Å². The number of rotatable bonds is 3. The van der Waals surface area contributed by atoms with Gasteiger partial charge in [0.25, 0.3) is 11.8 Å². The van der Waals surface area contributed by atoms with Crippen molar-refractivity contribution >= 4 is 11.8 Å². The number of benzene rings is 2. The van der Waals surface area contributed by atoms with Gasteiger partial charge in [0.15, 0.2) is 0 Å². The molecule has 7 heteroatoms. The normalized spacial score (nSPS) is 21.0. The molecule has 0 saturated carbocycles. The third-order valence-electron chi connectivity index (χ3n) is 5.66. The van der Waals surface area contributed by atoms with Gasteiger partial charge in [-0.25, -0.2) is 0 Å². The van der Waals surface area contributed by atoms with Crippen LogP contribution in [0.3, 0.4) is 0 Å². The number of piperidine rings is 1. The van der Waals surface area contributed by atoms with Crippen molar-refractivity contribution in [1.29, 1.82) is 0 Å². The highest BCUT2D eigenvalue weighted by Crippen LogP contribution is 2.29. The van der Waals surface area contributed by atoms with Crippen LogP contribution in [0.2, 0.25) is 0 Å². The quantitative estimate of drug-likeness (QED) is 0.745. The van der Waals surface area contributed by atoms with E-state index in [2.05, 4.69) is 15.5 Å². The Bertz CT molecular complexity index is 1060. The predicted octanol–water partition coefficient (Wildman–Crippen LogP) is 2.75. The van der Waals surface area contributed by atoms with E-state index in [1.165, 1.54) is 0 Å². The summed E-state index contributed by atoms with van der Waals surface area (Å²) in [5, 5.41) is 7.07. The van der Waals surface area contributed by atoms with E-state index in [0.29, 0.717) is 42.4 Å². The molecule has 2 atom stereocenters. The van der Waals surface area contributed by atoms with Gasteiger partial charge in [-0.2, -0.15) is 4.98 Å². The maximum atomic E-state index is 13.3. The first kappa shape index (κ1) is 17.6. The van der Waals surface area contributed by atoms with Gasteiger partial charge in [0.2, 0.25) is 11.7 Å². The Morgan fingerprint density at radius 2 is 1.90 bits per heavy atom. The predicted molar refractivity (Wildman–Crippen MR) is 106 cm³/mol. The molecule has 1 N–H and O–H groups in total. The number of aromatic nitrogens is 2. The molecular weight excluding hydrogens is 368 g/mol. The molecule has 3 aromatic rings. The fourth-order valence-corrected chi connectivity index (χ4v) is 4.18. The maximum absolute atomic E-state index is 13.3. The van der Waals surface area contributed by atoms with Crippen molar-refractivity contribution < 1.29 is 14.1 Å². The molecule has 0 bridgehead atoms. The smallest absolute Gasteiger partial charge is 0.259 e. The van der Waals surface area contributed by atoms with Gasteiger partial charge in [-0.3, -0.25) is 9.59 Å². The van der Waals surface area contributed by atoms with Gasteiger partial charge >= 0.3 is 0 Å². The van der Waals surface area contributed by atoms with Crippen LogP contribution in [0.1, 0.15) is 23.2 Å². The van der Waals surface area contributed by atoms with Crippen molar-refractivity contribution in [2.75, 3.05) is 13.1 Å². The third-order valence-corrected chi connectivity index (χ3v) is 5.66. The molecule has 5 rings (SSSR count). The van der Waals surface area contributed by atoms with Crippen LogP contribution in [0, 0.1) is 5.92 Å². The SMILES string of the molecule is O=C1C[C@@H]2CN(C(=O)c3ccccc3-c3nc(-c4ccccc4)no3)CC[C@@H]2N1. The van der Waals surface area contributed by atoms with Gasteiger partial charge in [0.05, 0.1) is 11.1 Å². The summed E-state index contributed by atoms with van der Waals surface area (Å²) in [4.78, 5) is 31.3. The maximum Gasteiger partial charge on any atom is 0.259 e. The summed E-state index contributed by atoms with van der Waals surface area (Å²) in [6.45, 7) is 1.20. The second kappa shape index (κ2) is 7.16. The number of amides is 2. The van der Waals surface area contributed by atoms with Crippen molar-refractivity contribution in [2.45, 2.75) is 18.9 Å². The van der Waals surface area contributed by atoms with Gasteiger partial charge in [-0.15, -0.1) is 0 Å². The Morgan fingerprint density at radius 1 is 1.10 bits per heavy atom. The number of nitrogens with one attached hydrogen (secondary N) is 1. The number of carbonyl (C=O) groups is 2. The van der Waals surface area contributed by atoms with E-state index in [1.54, 1.807) is 6.07 Å². The van der Waals surface area contributed by atoms with E-state index in [9.17, 15) is 9.59 Å². The van der Waals surface area contributed by atoms with Crippen LogP contribution >= 0.6 is 0 Å². The molecule has 146 valence electrons. The van der Waals surface area contributed by atoms with Gasteiger partial charge in [0.1, 0.15) is 0 Å². The molecule has 7 nitrogen and oxygen atoms in total. The minimum Gasteiger partial charge on any atom is -0.353 e. The Kier molecular flexibility index (Phi) is 4.35. The summed E-state index contributed by atoms with van der Waals surface area (Å²) >= 11 is 0. The molecule has 2 saturated heterocycles. The molecular formula is C22H20N4O3. The zero-order chi connectivity index (χ0) is 19.8. The molecule has 2 aliphatic heterocycles. The second-order valence-electron chi connectivity index (χ2n) is 7.51. The number of nitrogens with zero attached hydrogens (tertiary/aromatic N) is 3. The molecule has 1 aromatic heterocycles. The zero-order valence-corrected chi connectivity index (χ0v) is 15.7. The number of hydrogen-bond acceptors (Lipinski definition) is 5. The monoisotopic (exact) mass is 388 g/mol. The average molecular weight is 388 g/mol. The first-order chi connectivity index (χ1) is 14.2. The highest BCUT2D eigenvalue weighted by Gasteiger charge is 2.38. The van der Waals surface area contributed by atoms with Gasteiger partial charge < -0.3 is 14.7 Å². The van der Waals surface area contributed by atoms with Gasteiger partial charge in [-0.05, 0) is 18.6 Å². The van der Waals surface area contributed by atoms with E-state index in [0.717, 1.165) is 12.0 Å². The minimum atomic E-state index is -0.0714. The van der Waals surface area contributed by atoms with E-state index in [1.807, 2.05) is 53.4 Å². The topological polar surface area (TPSA) is 88.3 Å². The number of carbonyl (C=O) groups excluding carboxylic acids is 2. The van der Waals surface area contributed by atoms with Crippen molar-refractivity contribution in [3.8, 4) is 22.8 Å². The van der Waals surface area contributed by atoms with Crippen LogP contribution in [0.4, 0.5) is 0 Å². The highest BCUT2D eigenvalue weighted by molar-refractivity contribution is 6.00. The minimum absolute atomic E-state index is 0.0714. The van der Waals surface area contributed by atoms with Crippen LogP contribution in [0.5, 0.6) is 0 Å². The fourth-order valence-electron chi connectivity index (χ4n) is 4.18. The van der Waals surface area contributed by atoms with Crippen molar-refractivity contribution in [3.63, 3.8) is 0 Å². The molecule has 3 heterocycles. The summed E-state index contributed by atoms with van der Waals surface area (Å²) in [6, 6.07) is 17.0. The van der Waals surface area contributed by atoms with Crippen LogP contribution in [0.25, 0.3) is 22.8 Å². The van der Waals surface area contributed by atoms with Crippen LogP contribution < -0.4 is 5.32 Å². The Hall–Kier alpha value is -3.48. The summed E-state index contributed by atoms with van der Waals surface area (Å²) in [6.07, 6.45) is 1.27. The molecule has 0 aliphatic carbocycles. The molecule has 0 unspecified atom stereocenters. The lowest BCUT2D eigenvalue weighted by atomic mass is 9.92. The lowest BCUT2D eigenvalue weighted by Gasteiger charge is -2.34. The van der Waals surface area contributed by atoms with E-state index < -0.39 is 0 Å². The first-order valence-electron chi connectivity index (χ1n) is 9.76. The van der Waals surface area contributed by atoms with Crippen LogP contribution in [-0.2, 0) is 4.79 Å². The Balaban J connectivity index is 1.42. The van der Waals surface area contributed by atoms with E-state index >= 15 is 0 Å². The number of likely N-dealkylation sites (tertiary alicyclic amines) is 1. The number of fused-ring (bicyclic) bond motifs is 1. The summed E-state index contributed by atoms with van der Waals surface area (Å²) in [5.41, 5.74) is 2.01. The Morgan fingerprint density at radius 3 is 2.76 bits per heavy atom. The lowest BCUT2D eigenvalue weighted by Crippen LogP contribution is -2.47. The molecule has 2 fully saturated rings. The number of hydrogen-bond donors (Lipinski definition) is 1. The molecule has 0 radical (unpaired) electrons. The van der Waals surface area contributed by atoms with Crippen LogP contribution in [-0.4, -0.2) is 46.0 Å². The largest absolute Gasteiger partial charge is 0.353 e. The molecule has 2 aromatic carbocycles. The zero-order valence-electron chi connectivity index (χ0n) is 15.7. The standard InChI is InChI=1S/C22H20N4O3/c27-19-12-15-13-26(11-10-18(15)23-19)22(28)17-9-5-4-8-16(17)21-24-20(25-29-21)14-6-2-1-3-7-14/h1-9,15,18H,10-13H2,(H,23,27)/t15-,18+/m1/s1. The third kappa shape index (κ3) is 3.29. The van der Waals surface area contributed by atoms with E-state index in [-0.39, 0.29) is 23.8 Å². The first-order valence-corrected chi connectivity index (χ1v) is 9.76. The molecule has 2 amide bonds. The van der Waals surface area contributed by atoms with E-state index in [4.69, 9.17) is 4.52 Å². The molecule has 0 spiro atoms. The van der Waals surface area contributed by atoms with Crippen molar-refractivity contribution in [3.05, 3.63) is 60.2 Å². The molecule has 29 heavy (non-hydrogen) atoms. The highest BCUT2D eigenvalue weighted by atomic mass is 16.5. The summed E-state index contributed by atoms with van der Waals surface area (Å²) in [7, 11) is 0. The molecule has 2 aliphatic rings.